The Balaban J connectivity index is 1.22. The van der Waals surface area contributed by atoms with Crippen molar-refractivity contribution >= 4 is 71.8 Å². The number of rotatable bonds is 4. The summed E-state index contributed by atoms with van der Waals surface area (Å²) in [4.78, 5) is 7.16. The van der Waals surface area contributed by atoms with Gasteiger partial charge in [0, 0.05) is 45.6 Å². The molecule has 9 aromatic rings. The van der Waals surface area contributed by atoms with Gasteiger partial charge in [-0.25, -0.2) is 4.98 Å². The van der Waals surface area contributed by atoms with Gasteiger partial charge in [-0.3, -0.25) is 4.90 Å². The molecule has 9 rings (SSSR count). The smallest absolute Gasteiger partial charge is 0.141 e. The molecule has 3 aromatic heterocycles. The minimum atomic E-state index is 0.763. The van der Waals surface area contributed by atoms with Crippen molar-refractivity contribution in [3.8, 4) is 11.1 Å². The second-order valence-corrected chi connectivity index (χ2v) is 10.9. The largest absolute Gasteiger partial charge is 0.456 e. The van der Waals surface area contributed by atoms with Gasteiger partial charge in [0.15, 0.2) is 0 Å². The molecule has 0 atom stereocenters. The number of hydrogen-bond acceptors (Lipinski definition) is 4. The topological polar surface area (TPSA) is 42.4 Å². The van der Waals surface area contributed by atoms with Crippen molar-refractivity contribution in [1.82, 2.24) is 4.98 Å². The Labute approximate surface area is 247 Å². The van der Waals surface area contributed by atoms with Crippen molar-refractivity contribution in [2.45, 2.75) is 0 Å². The maximum Gasteiger partial charge on any atom is 0.141 e. The highest BCUT2D eigenvalue weighted by atomic mass is 16.3. The third kappa shape index (κ3) is 3.88. The fraction of sp³-hybridized carbons (Fsp3) is 0. The molecule has 0 aliphatic heterocycles. The van der Waals surface area contributed by atoms with E-state index in [0.717, 1.165) is 72.0 Å². The highest BCUT2D eigenvalue weighted by Crippen LogP contribution is 2.40. The highest BCUT2D eigenvalue weighted by Gasteiger charge is 2.19. The molecule has 0 N–H and O–H groups in total. The van der Waals surface area contributed by atoms with E-state index in [2.05, 4.69) is 114 Å². The molecule has 0 spiro atoms. The lowest BCUT2D eigenvalue weighted by molar-refractivity contribution is 0.669. The van der Waals surface area contributed by atoms with Crippen LogP contribution in [0.3, 0.4) is 0 Å². The van der Waals surface area contributed by atoms with Crippen molar-refractivity contribution < 1.29 is 8.83 Å². The Bertz CT molecular complexity index is 2450. The molecule has 0 bridgehead atoms. The first-order chi connectivity index (χ1) is 21.3. The van der Waals surface area contributed by atoms with E-state index in [0.29, 0.717) is 0 Å². The Morgan fingerprint density at radius 3 is 1.91 bits per heavy atom. The van der Waals surface area contributed by atoms with E-state index in [9.17, 15) is 0 Å². The van der Waals surface area contributed by atoms with Gasteiger partial charge in [0.2, 0.25) is 0 Å². The zero-order valence-corrected chi connectivity index (χ0v) is 23.1. The predicted molar refractivity (Wildman–Crippen MR) is 176 cm³/mol. The molecule has 3 heterocycles. The number of pyridine rings is 1. The predicted octanol–water partition coefficient (Wildman–Crippen LogP) is 11.2. The molecule has 4 nitrogen and oxygen atoms in total. The standard InChI is InChI=1S/C39H24N2O2/c1-2-8-25(9-3-1)26-14-16-29(17-15-26)41(30-18-19-32-31-12-6-7-13-35(31)42-37(32)22-30)39-23-38-34(24-40-39)33-20-27-10-4-5-11-28(27)21-36(33)43-38/h1-24H. The molecule has 43 heavy (non-hydrogen) atoms. The summed E-state index contributed by atoms with van der Waals surface area (Å²) in [6.07, 6.45) is 1.93. The summed E-state index contributed by atoms with van der Waals surface area (Å²) in [5.41, 5.74) is 7.64. The van der Waals surface area contributed by atoms with E-state index in [-0.39, 0.29) is 0 Å². The van der Waals surface area contributed by atoms with Crippen LogP contribution in [0.1, 0.15) is 0 Å². The SMILES string of the molecule is c1ccc(-c2ccc(N(c3ccc4c(c3)oc3ccccc34)c3cc4oc5cc6ccccc6cc5c4cn3)cc2)cc1. The molecule has 0 saturated carbocycles. The van der Waals surface area contributed by atoms with Crippen LogP contribution >= 0.6 is 0 Å². The van der Waals surface area contributed by atoms with Crippen LogP contribution in [-0.2, 0) is 0 Å². The lowest BCUT2D eigenvalue weighted by Gasteiger charge is -2.24. The quantitative estimate of drug-likeness (QED) is 0.218. The Hall–Kier alpha value is -5.87. The van der Waals surface area contributed by atoms with Gasteiger partial charge in [0.25, 0.3) is 0 Å². The van der Waals surface area contributed by atoms with Crippen LogP contribution in [-0.4, -0.2) is 4.98 Å². The number of aromatic nitrogens is 1. The van der Waals surface area contributed by atoms with Crippen LogP contribution in [0.15, 0.2) is 155 Å². The van der Waals surface area contributed by atoms with Crippen molar-refractivity contribution in [3.63, 3.8) is 0 Å². The molecular weight excluding hydrogens is 528 g/mol. The number of para-hydroxylation sites is 1. The maximum atomic E-state index is 6.43. The summed E-state index contributed by atoms with van der Waals surface area (Å²) in [6.45, 7) is 0. The van der Waals surface area contributed by atoms with Crippen molar-refractivity contribution in [2.75, 3.05) is 4.90 Å². The van der Waals surface area contributed by atoms with E-state index in [1.165, 1.54) is 10.9 Å². The number of furan rings is 2. The summed E-state index contributed by atoms with van der Waals surface area (Å²) >= 11 is 0. The van der Waals surface area contributed by atoms with Gasteiger partial charge < -0.3 is 8.83 Å². The number of anilines is 3. The third-order valence-corrected chi connectivity index (χ3v) is 8.29. The summed E-state index contributed by atoms with van der Waals surface area (Å²) < 4.78 is 12.7. The van der Waals surface area contributed by atoms with Crippen molar-refractivity contribution in [2.24, 2.45) is 0 Å². The average molecular weight is 553 g/mol. The fourth-order valence-electron chi connectivity index (χ4n) is 6.17. The lowest BCUT2D eigenvalue weighted by Crippen LogP contribution is -2.11. The van der Waals surface area contributed by atoms with Crippen LogP contribution in [0.2, 0.25) is 0 Å². The van der Waals surface area contributed by atoms with Crippen LogP contribution in [0.25, 0.3) is 65.8 Å². The summed E-state index contributed by atoms with van der Waals surface area (Å²) in [6, 6.07) is 48.2. The van der Waals surface area contributed by atoms with Crippen LogP contribution < -0.4 is 4.90 Å². The van der Waals surface area contributed by atoms with Gasteiger partial charge in [-0.1, -0.05) is 84.9 Å². The van der Waals surface area contributed by atoms with E-state index >= 15 is 0 Å². The Morgan fingerprint density at radius 1 is 0.419 bits per heavy atom. The number of benzene rings is 6. The third-order valence-electron chi connectivity index (χ3n) is 8.29. The van der Waals surface area contributed by atoms with Crippen molar-refractivity contribution in [1.29, 1.82) is 0 Å². The van der Waals surface area contributed by atoms with E-state index in [4.69, 9.17) is 13.8 Å². The van der Waals surface area contributed by atoms with Gasteiger partial charge in [0.1, 0.15) is 28.1 Å². The molecule has 0 fully saturated rings. The molecule has 0 radical (unpaired) electrons. The monoisotopic (exact) mass is 552 g/mol. The second kappa shape index (κ2) is 9.33. The fourth-order valence-corrected chi connectivity index (χ4v) is 6.17. The van der Waals surface area contributed by atoms with E-state index < -0.39 is 0 Å². The molecule has 0 unspecified atom stereocenters. The summed E-state index contributed by atoms with van der Waals surface area (Å²) in [5.74, 6) is 0.763. The van der Waals surface area contributed by atoms with Crippen LogP contribution in [0.4, 0.5) is 17.2 Å². The molecule has 0 saturated heterocycles. The van der Waals surface area contributed by atoms with E-state index in [1.54, 1.807) is 0 Å². The number of fused-ring (bicyclic) bond motifs is 7. The summed E-state index contributed by atoms with van der Waals surface area (Å²) in [5, 5.41) is 6.60. The summed E-state index contributed by atoms with van der Waals surface area (Å²) in [7, 11) is 0. The minimum absolute atomic E-state index is 0.763. The average Bonchev–Trinajstić information content (AvgIpc) is 3.61. The molecule has 0 aliphatic carbocycles. The zero-order chi connectivity index (χ0) is 28.3. The molecule has 202 valence electrons. The van der Waals surface area contributed by atoms with Crippen LogP contribution in [0.5, 0.6) is 0 Å². The van der Waals surface area contributed by atoms with Gasteiger partial charge in [-0.15, -0.1) is 0 Å². The maximum absolute atomic E-state index is 6.43. The zero-order valence-electron chi connectivity index (χ0n) is 23.1. The van der Waals surface area contributed by atoms with Gasteiger partial charge >= 0.3 is 0 Å². The number of hydrogen-bond donors (Lipinski definition) is 0. The van der Waals surface area contributed by atoms with E-state index in [1.807, 2.05) is 36.5 Å². The van der Waals surface area contributed by atoms with Gasteiger partial charge in [-0.2, -0.15) is 0 Å². The molecule has 6 aromatic carbocycles. The van der Waals surface area contributed by atoms with Gasteiger partial charge in [-0.05, 0) is 64.4 Å². The highest BCUT2D eigenvalue weighted by molar-refractivity contribution is 6.10. The molecule has 4 heteroatoms. The first-order valence-electron chi connectivity index (χ1n) is 14.4. The Morgan fingerprint density at radius 2 is 1.05 bits per heavy atom. The normalized spacial score (nSPS) is 11.7. The minimum Gasteiger partial charge on any atom is -0.456 e. The lowest BCUT2D eigenvalue weighted by atomic mass is 10.0. The first kappa shape index (κ1) is 23.8. The Kier molecular flexibility index (Phi) is 5.16. The number of nitrogens with zero attached hydrogens (tertiary/aromatic N) is 2. The van der Waals surface area contributed by atoms with Crippen molar-refractivity contribution in [3.05, 3.63) is 146 Å². The molecule has 0 aliphatic rings. The first-order valence-corrected chi connectivity index (χ1v) is 14.4. The van der Waals surface area contributed by atoms with Crippen LogP contribution in [0, 0.1) is 0 Å². The molecule has 0 amide bonds. The molecular formula is C39H24N2O2. The second-order valence-electron chi connectivity index (χ2n) is 10.9. The van der Waals surface area contributed by atoms with Gasteiger partial charge in [0.05, 0.1) is 5.69 Å².